The zero-order chi connectivity index (χ0) is 14.0. The quantitative estimate of drug-likeness (QED) is 0.834. The molecule has 0 atom stereocenters. The molecule has 1 aliphatic rings. The smallest absolute Gasteiger partial charge is 0.231 e. The van der Waals surface area contributed by atoms with E-state index in [1.807, 2.05) is 33.0 Å². The van der Waals surface area contributed by atoms with Gasteiger partial charge in [0, 0.05) is 6.54 Å². The minimum absolute atomic E-state index is 0.305. The van der Waals surface area contributed by atoms with Crippen LogP contribution in [0.1, 0.15) is 25.0 Å². The highest BCUT2D eigenvalue weighted by Crippen LogP contribution is 2.34. The molecular weight excluding hydrogens is 240 g/mol. The number of fused-ring (bicyclic) bond motifs is 1. The fourth-order valence-electron chi connectivity index (χ4n) is 2.01. The van der Waals surface area contributed by atoms with Crippen molar-refractivity contribution in [1.82, 2.24) is 4.90 Å². The summed E-state index contributed by atoms with van der Waals surface area (Å²) >= 11 is 0. The minimum Gasteiger partial charge on any atom is -0.454 e. The van der Waals surface area contributed by atoms with Gasteiger partial charge in [0.05, 0.1) is 6.07 Å². The molecule has 0 fully saturated rings. The number of nitriles is 1. The highest BCUT2D eigenvalue weighted by molar-refractivity contribution is 5.48. The van der Waals surface area contributed by atoms with E-state index in [0.717, 1.165) is 24.5 Å². The van der Waals surface area contributed by atoms with Crippen molar-refractivity contribution in [1.29, 1.82) is 5.26 Å². The molecule has 1 aliphatic heterocycles. The summed E-state index contributed by atoms with van der Waals surface area (Å²) in [5.74, 6) is 1.65. The van der Waals surface area contributed by atoms with Crippen LogP contribution in [0.5, 0.6) is 11.5 Å². The Bertz CT molecular complexity index is 518. The number of ether oxygens (including phenoxy) is 2. The molecule has 1 heterocycles. The van der Waals surface area contributed by atoms with E-state index in [1.54, 1.807) is 0 Å². The molecule has 4 nitrogen and oxygen atoms in total. The van der Waals surface area contributed by atoms with Crippen molar-refractivity contribution in [2.45, 2.75) is 32.7 Å². The van der Waals surface area contributed by atoms with Crippen molar-refractivity contribution < 1.29 is 9.47 Å². The molecule has 0 unspecified atom stereocenters. The normalized spacial score (nSPS) is 13.7. The third kappa shape index (κ3) is 2.82. The van der Waals surface area contributed by atoms with Crippen molar-refractivity contribution in [3.05, 3.63) is 23.3 Å². The van der Waals surface area contributed by atoms with E-state index in [0.29, 0.717) is 6.79 Å². The Labute approximate surface area is 114 Å². The standard InChI is InChI=1S/C15H20N2O2/c1-11-7-13-14(19-10-18-13)8-12(11)5-6-17(4)15(2,3)9-16/h7-8H,5-6,10H2,1-4H3. The lowest BCUT2D eigenvalue weighted by Gasteiger charge is -2.29. The molecule has 19 heavy (non-hydrogen) atoms. The predicted molar refractivity (Wildman–Crippen MR) is 73.3 cm³/mol. The summed E-state index contributed by atoms with van der Waals surface area (Å²) in [6.45, 7) is 7.08. The van der Waals surface area contributed by atoms with Gasteiger partial charge < -0.3 is 9.47 Å². The Morgan fingerprint density at radius 1 is 1.32 bits per heavy atom. The van der Waals surface area contributed by atoms with Gasteiger partial charge >= 0.3 is 0 Å². The Morgan fingerprint density at radius 2 is 1.95 bits per heavy atom. The third-order valence-corrected chi connectivity index (χ3v) is 3.78. The molecule has 1 aromatic carbocycles. The maximum atomic E-state index is 9.11. The average Bonchev–Trinajstić information content (AvgIpc) is 2.82. The van der Waals surface area contributed by atoms with Crippen molar-refractivity contribution >= 4 is 0 Å². The van der Waals surface area contributed by atoms with Crippen LogP contribution in [-0.2, 0) is 6.42 Å². The first kappa shape index (κ1) is 13.7. The molecule has 0 saturated carbocycles. The van der Waals surface area contributed by atoms with E-state index >= 15 is 0 Å². The highest BCUT2D eigenvalue weighted by Gasteiger charge is 2.23. The van der Waals surface area contributed by atoms with E-state index < -0.39 is 5.54 Å². The first-order chi connectivity index (χ1) is 8.94. The average molecular weight is 260 g/mol. The van der Waals surface area contributed by atoms with Crippen LogP contribution in [-0.4, -0.2) is 30.8 Å². The number of aryl methyl sites for hydroxylation is 1. The molecule has 0 saturated heterocycles. The van der Waals surface area contributed by atoms with Gasteiger partial charge in [0.1, 0.15) is 5.54 Å². The fourth-order valence-corrected chi connectivity index (χ4v) is 2.01. The Morgan fingerprint density at radius 3 is 2.58 bits per heavy atom. The van der Waals surface area contributed by atoms with Crippen LogP contribution in [0, 0.1) is 18.3 Å². The van der Waals surface area contributed by atoms with Gasteiger partial charge in [-0.25, -0.2) is 0 Å². The first-order valence-electron chi connectivity index (χ1n) is 6.45. The van der Waals surface area contributed by atoms with E-state index in [9.17, 15) is 0 Å². The summed E-state index contributed by atoms with van der Waals surface area (Å²) in [5, 5.41) is 9.11. The Balaban J connectivity index is 2.07. The topological polar surface area (TPSA) is 45.5 Å². The van der Waals surface area contributed by atoms with E-state index in [2.05, 4.69) is 17.9 Å². The van der Waals surface area contributed by atoms with Crippen LogP contribution in [0.15, 0.2) is 12.1 Å². The minimum atomic E-state index is -0.440. The monoisotopic (exact) mass is 260 g/mol. The first-order valence-corrected chi connectivity index (χ1v) is 6.45. The maximum Gasteiger partial charge on any atom is 0.231 e. The second-order valence-corrected chi connectivity index (χ2v) is 5.47. The van der Waals surface area contributed by atoms with Gasteiger partial charge in [0.25, 0.3) is 0 Å². The molecule has 0 aliphatic carbocycles. The summed E-state index contributed by atoms with van der Waals surface area (Å²) in [6.07, 6.45) is 0.893. The molecule has 1 aromatic rings. The van der Waals surface area contributed by atoms with Crippen LogP contribution < -0.4 is 9.47 Å². The molecule has 0 spiro atoms. The third-order valence-electron chi connectivity index (χ3n) is 3.78. The number of rotatable bonds is 4. The van der Waals surface area contributed by atoms with Gasteiger partial charge in [-0.1, -0.05) is 0 Å². The van der Waals surface area contributed by atoms with Crippen molar-refractivity contribution in [3.63, 3.8) is 0 Å². The van der Waals surface area contributed by atoms with Crippen molar-refractivity contribution in [2.75, 3.05) is 20.4 Å². The van der Waals surface area contributed by atoms with Gasteiger partial charge in [-0.05, 0) is 57.5 Å². The predicted octanol–water partition coefficient (Wildman–Crippen LogP) is 2.50. The van der Waals surface area contributed by atoms with E-state index in [-0.39, 0.29) is 0 Å². The molecule has 4 heteroatoms. The SMILES string of the molecule is Cc1cc2c(cc1CCN(C)C(C)(C)C#N)OCO2. The zero-order valence-electron chi connectivity index (χ0n) is 12.0. The molecule has 102 valence electrons. The lowest BCUT2D eigenvalue weighted by Crippen LogP contribution is -2.40. The second kappa shape index (κ2) is 5.10. The van der Waals surface area contributed by atoms with Gasteiger partial charge in [-0.2, -0.15) is 5.26 Å². The van der Waals surface area contributed by atoms with Crippen LogP contribution in [0.3, 0.4) is 0 Å². The lowest BCUT2D eigenvalue weighted by atomic mass is 10.0. The highest BCUT2D eigenvalue weighted by atomic mass is 16.7. The molecule has 2 rings (SSSR count). The van der Waals surface area contributed by atoms with Crippen LogP contribution in [0.2, 0.25) is 0 Å². The van der Waals surface area contributed by atoms with E-state index in [4.69, 9.17) is 14.7 Å². The van der Waals surface area contributed by atoms with Gasteiger partial charge in [0.15, 0.2) is 11.5 Å². The zero-order valence-corrected chi connectivity index (χ0v) is 12.0. The van der Waals surface area contributed by atoms with Crippen LogP contribution in [0.4, 0.5) is 0 Å². The van der Waals surface area contributed by atoms with Gasteiger partial charge in [-0.3, -0.25) is 4.90 Å². The molecule has 0 bridgehead atoms. The summed E-state index contributed by atoms with van der Waals surface area (Å²) in [6, 6.07) is 6.38. The molecule has 0 aromatic heterocycles. The molecule has 0 amide bonds. The van der Waals surface area contributed by atoms with Crippen molar-refractivity contribution in [2.24, 2.45) is 0 Å². The lowest BCUT2D eigenvalue weighted by molar-refractivity contribution is 0.174. The number of hydrogen-bond donors (Lipinski definition) is 0. The summed E-state index contributed by atoms with van der Waals surface area (Å²) in [4.78, 5) is 2.07. The van der Waals surface area contributed by atoms with Crippen LogP contribution >= 0.6 is 0 Å². The number of hydrogen-bond acceptors (Lipinski definition) is 4. The number of likely N-dealkylation sites (N-methyl/N-ethyl adjacent to an activating group) is 1. The Hall–Kier alpha value is -1.73. The fraction of sp³-hybridized carbons (Fsp3) is 0.533. The molecular formula is C15H20N2O2. The van der Waals surface area contributed by atoms with Gasteiger partial charge in [0.2, 0.25) is 6.79 Å². The summed E-state index contributed by atoms with van der Waals surface area (Å²) in [5.41, 5.74) is 2.00. The van der Waals surface area contributed by atoms with Crippen molar-refractivity contribution in [3.8, 4) is 17.6 Å². The summed E-state index contributed by atoms with van der Waals surface area (Å²) in [7, 11) is 1.98. The van der Waals surface area contributed by atoms with Crippen LogP contribution in [0.25, 0.3) is 0 Å². The Kier molecular flexibility index (Phi) is 3.68. The molecule has 0 N–H and O–H groups in total. The van der Waals surface area contributed by atoms with E-state index in [1.165, 1.54) is 11.1 Å². The number of benzene rings is 1. The maximum absolute atomic E-state index is 9.11. The van der Waals surface area contributed by atoms with Gasteiger partial charge in [-0.15, -0.1) is 0 Å². The second-order valence-electron chi connectivity index (χ2n) is 5.47. The summed E-state index contributed by atoms with van der Waals surface area (Å²) < 4.78 is 10.8. The molecule has 0 radical (unpaired) electrons. The largest absolute Gasteiger partial charge is 0.454 e. The number of nitrogens with zero attached hydrogens (tertiary/aromatic N) is 2.